The van der Waals surface area contributed by atoms with Crippen LogP contribution in [0.25, 0.3) is 95.2 Å². The zero-order valence-electron chi connectivity index (χ0n) is 27.1. The Labute approximate surface area is 285 Å². The summed E-state index contributed by atoms with van der Waals surface area (Å²) < 4.78 is 15.3. The lowest BCUT2D eigenvalue weighted by atomic mass is 10.0. The van der Waals surface area contributed by atoms with Crippen molar-refractivity contribution in [2.75, 3.05) is 0 Å². The Hall–Kier alpha value is -6.86. The van der Waals surface area contributed by atoms with Crippen LogP contribution in [-0.4, -0.2) is 27.9 Å². The lowest BCUT2D eigenvalue weighted by Crippen LogP contribution is -1.95. The maximum Gasteiger partial charge on any atom is 0.220 e. The van der Waals surface area contributed by atoms with Gasteiger partial charge in [0.15, 0.2) is 0 Å². The number of benzene rings is 6. The second kappa shape index (κ2) is 9.84. The minimum Gasteiger partial charge on any atom is -0.456 e. The largest absolute Gasteiger partial charge is 0.456 e. The Morgan fingerprint density at radius 1 is 0.540 bits per heavy atom. The predicted octanol–water partition coefficient (Wildman–Crippen LogP) is 10.5. The number of para-hydroxylation sites is 6. The van der Waals surface area contributed by atoms with Crippen molar-refractivity contribution < 1.29 is 4.42 Å². The molecule has 11 aromatic rings. The Balaban J connectivity index is 1.09. The van der Waals surface area contributed by atoms with Crippen molar-refractivity contribution in [2.24, 2.45) is 0 Å². The Kier molecular flexibility index (Phi) is 5.34. The Morgan fingerprint density at radius 3 is 1.90 bits per heavy atom. The zero-order valence-corrected chi connectivity index (χ0v) is 27.1. The van der Waals surface area contributed by atoms with E-state index >= 15 is 0 Å². The minimum absolute atomic E-state index is 0.851. The van der Waals surface area contributed by atoms with E-state index in [2.05, 4.69) is 152 Å². The first kappa shape index (κ1) is 27.1. The standard InChI is InChI=1S/C43H28N6O/c1-3-34-26(2)44-42-46(36-15-6-8-17-38(36)48(34)42)29-12-10-11-27(23-29)28-19-21-40-31(24-28)32-25-30(20-22-41(32)50-40)47-37-16-7-9-18-39(37)49-35-14-5-4-13-33(35)45-43(47)49/h3-25H,1H2,2H3. The summed E-state index contributed by atoms with van der Waals surface area (Å²) in [5.74, 6) is 1.76. The van der Waals surface area contributed by atoms with Crippen LogP contribution in [0.1, 0.15) is 11.4 Å². The van der Waals surface area contributed by atoms with Crippen LogP contribution < -0.4 is 0 Å². The molecule has 0 N–H and O–H groups in total. The highest BCUT2D eigenvalue weighted by atomic mass is 16.3. The number of aromatic nitrogens is 6. The molecule has 50 heavy (non-hydrogen) atoms. The summed E-state index contributed by atoms with van der Waals surface area (Å²) in [7, 11) is 0. The number of rotatable bonds is 4. The van der Waals surface area contributed by atoms with Crippen molar-refractivity contribution in [3.63, 3.8) is 0 Å². The molecule has 11 rings (SSSR count). The molecule has 7 heteroatoms. The van der Waals surface area contributed by atoms with Crippen LogP contribution in [0.4, 0.5) is 0 Å². The fourth-order valence-electron chi connectivity index (χ4n) is 7.87. The molecule has 0 radical (unpaired) electrons. The van der Waals surface area contributed by atoms with E-state index in [1.165, 1.54) is 0 Å². The van der Waals surface area contributed by atoms with Crippen LogP contribution in [-0.2, 0) is 0 Å². The highest BCUT2D eigenvalue weighted by Gasteiger charge is 2.20. The van der Waals surface area contributed by atoms with E-state index in [1.54, 1.807) is 0 Å². The number of imidazole rings is 4. The fourth-order valence-corrected chi connectivity index (χ4v) is 7.87. The minimum atomic E-state index is 0.851. The van der Waals surface area contributed by atoms with E-state index in [0.29, 0.717) is 0 Å². The van der Waals surface area contributed by atoms with Crippen LogP contribution >= 0.6 is 0 Å². The summed E-state index contributed by atoms with van der Waals surface area (Å²) in [5, 5.41) is 2.13. The van der Waals surface area contributed by atoms with Gasteiger partial charge in [-0.3, -0.25) is 17.9 Å². The molecule has 0 saturated heterocycles. The summed E-state index contributed by atoms with van der Waals surface area (Å²) in [6.45, 7) is 6.11. The normalized spacial score (nSPS) is 12.2. The van der Waals surface area contributed by atoms with Gasteiger partial charge < -0.3 is 4.42 Å². The van der Waals surface area contributed by atoms with Crippen molar-refractivity contribution in [3.05, 3.63) is 151 Å². The van der Waals surface area contributed by atoms with Crippen molar-refractivity contribution in [3.8, 4) is 22.5 Å². The molecule has 0 unspecified atom stereocenters. The van der Waals surface area contributed by atoms with Gasteiger partial charge in [0.25, 0.3) is 0 Å². The zero-order chi connectivity index (χ0) is 33.1. The maximum absolute atomic E-state index is 6.39. The SMILES string of the molecule is C=Cc1c(C)nc2n(-c3cccc(-c4ccc5oc6ccc(-n7c8ccccc8n8c9ccccc9nc78)cc6c5c4)c3)c3ccccc3n12. The second-order valence-corrected chi connectivity index (χ2v) is 12.8. The van der Waals surface area contributed by atoms with Crippen molar-refractivity contribution >= 4 is 72.7 Å². The molecule has 6 aromatic carbocycles. The highest BCUT2D eigenvalue weighted by Crippen LogP contribution is 2.37. The summed E-state index contributed by atoms with van der Waals surface area (Å²) in [4.78, 5) is 10.1. The highest BCUT2D eigenvalue weighted by molar-refractivity contribution is 6.07. The van der Waals surface area contributed by atoms with Crippen molar-refractivity contribution in [1.29, 1.82) is 0 Å². The molecule has 0 aliphatic carbocycles. The van der Waals surface area contributed by atoms with Crippen LogP contribution in [0.3, 0.4) is 0 Å². The van der Waals surface area contributed by atoms with Crippen LogP contribution in [0.5, 0.6) is 0 Å². The number of hydrogen-bond acceptors (Lipinski definition) is 3. The van der Waals surface area contributed by atoms with Gasteiger partial charge in [-0.1, -0.05) is 61.2 Å². The average molecular weight is 645 g/mol. The van der Waals surface area contributed by atoms with Gasteiger partial charge in [-0.05, 0) is 103 Å². The van der Waals surface area contributed by atoms with E-state index in [9.17, 15) is 0 Å². The van der Waals surface area contributed by atoms with Gasteiger partial charge in [-0.2, -0.15) is 0 Å². The molecule has 0 fully saturated rings. The Bertz CT molecular complexity index is 3200. The fraction of sp³-hybridized carbons (Fsp3) is 0.0233. The smallest absolute Gasteiger partial charge is 0.220 e. The molecule has 0 aliphatic heterocycles. The summed E-state index contributed by atoms with van der Waals surface area (Å²) in [6.07, 6.45) is 1.89. The molecule has 5 heterocycles. The van der Waals surface area contributed by atoms with Crippen LogP contribution in [0, 0.1) is 6.92 Å². The molecule has 0 amide bonds. The third-order valence-electron chi connectivity index (χ3n) is 10.1. The molecule has 0 spiro atoms. The second-order valence-electron chi connectivity index (χ2n) is 12.8. The lowest BCUT2D eigenvalue weighted by molar-refractivity contribution is 0.669. The van der Waals surface area contributed by atoms with Gasteiger partial charge in [0.1, 0.15) is 11.2 Å². The van der Waals surface area contributed by atoms with Gasteiger partial charge in [0.2, 0.25) is 11.6 Å². The van der Waals surface area contributed by atoms with Gasteiger partial charge in [0.05, 0.1) is 50.2 Å². The molecular weight excluding hydrogens is 617 g/mol. The number of aryl methyl sites for hydroxylation is 1. The number of nitrogens with zero attached hydrogens (tertiary/aromatic N) is 6. The maximum atomic E-state index is 6.39. The third kappa shape index (κ3) is 3.58. The van der Waals surface area contributed by atoms with Gasteiger partial charge in [0, 0.05) is 16.5 Å². The summed E-state index contributed by atoms with van der Waals surface area (Å²) in [5.41, 5.74) is 14.5. The first-order chi connectivity index (χ1) is 24.7. The molecular formula is C43H28N6O. The number of fused-ring (bicyclic) bond motifs is 11. The molecule has 236 valence electrons. The quantitative estimate of drug-likeness (QED) is 0.192. The van der Waals surface area contributed by atoms with Gasteiger partial charge in [-0.15, -0.1) is 0 Å². The summed E-state index contributed by atoms with van der Waals surface area (Å²) >= 11 is 0. The van der Waals surface area contributed by atoms with E-state index in [0.717, 1.165) is 100 Å². The number of hydrogen-bond donors (Lipinski definition) is 0. The molecule has 0 atom stereocenters. The molecule has 0 aliphatic rings. The molecule has 0 saturated carbocycles. The first-order valence-electron chi connectivity index (χ1n) is 16.7. The van der Waals surface area contributed by atoms with Crippen molar-refractivity contribution in [1.82, 2.24) is 27.9 Å². The van der Waals surface area contributed by atoms with Gasteiger partial charge in [-0.25, -0.2) is 9.97 Å². The van der Waals surface area contributed by atoms with Gasteiger partial charge >= 0.3 is 0 Å². The Morgan fingerprint density at radius 2 is 1.14 bits per heavy atom. The van der Waals surface area contributed by atoms with E-state index in [-0.39, 0.29) is 0 Å². The number of furan rings is 1. The topological polar surface area (TPSA) is 57.6 Å². The van der Waals surface area contributed by atoms with E-state index in [4.69, 9.17) is 14.4 Å². The predicted molar refractivity (Wildman–Crippen MR) is 203 cm³/mol. The lowest BCUT2D eigenvalue weighted by Gasteiger charge is -2.09. The summed E-state index contributed by atoms with van der Waals surface area (Å²) in [6, 6.07) is 46.8. The van der Waals surface area contributed by atoms with E-state index in [1.807, 2.05) is 19.1 Å². The van der Waals surface area contributed by atoms with Crippen molar-refractivity contribution in [2.45, 2.75) is 6.92 Å². The molecule has 7 nitrogen and oxygen atoms in total. The monoisotopic (exact) mass is 644 g/mol. The third-order valence-corrected chi connectivity index (χ3v) is 10.1. The van der Waals surface area contributed by atoms with Crippen LogP contribution in [0.2, 0.25) is 0 Å². The first-order valence-corrected chi connectivity index (χ1v) is 16.7. The average Bonchev–Trinajstić information content (AvgIpc) is 3.94. The van der Waals surface area contributed by atoms with Crippen LogP contribution in [0.15, 0.2) is 144 Å². The molecule has 5 aromatic heterocycles. The molecule has 0 bridgehead atoms. The van der Waals surface area contributed by atoms with E-state index < -0.39 is 0 Å².